The summed E-state index contributed by atoms with van der Waals surface area (Å²) in [5, 5.41) is 11.2. The van der Waals surface area contributed by atoms with E-state index in [9.17, 15) is 10.1 Å². The minimum atomic E-state index is -0.503. The third-order valence-corrected chi connectivity index (χ3v) is 2.17. The van der Waals surface area contributed by atoms with E-state index in [4.69, 9.17) is 11.6 Å². The predicted molar refractivity (Wildman–Crippen MR) is 55.7 cm³/mol. The lowest BCUT2D eigenvalue weighted by atomic mass is 10.1. The molecule has 1 N–H and O–H groups in total. The maximum Gasteiger partial charge on any atom is 0.348 e. The molecule has 2 aromatic rings. The average molecular weight is 224 g/mol. The van der Waals surface area contributed by atoms with E-state index < -0.39 is 4.92 Å². The quantitative estimate of drug-likeness (QED) is 0.628. The number of aromatic nitrogens is 2. The van der Waals surface area contributed by atoms with Gasteiger partial charge in [-0.25, -0.2) is 9.97 Å². The van der Waals surface area contributed by atoms with Gasteiger partial charge in [-0.1, -0.05) is 23.7 Å². The molecular formula is C9H6ClN3O2. The normalized spacial score (nSPS) is 10.2. The second-order valence-electron chi connectivity index (χ2n) is 2.86. The number of hydrogen-bond donors (Lipinski definition) is 1. The number of imidazole rings is 1. The summed E-state index contributed by atoms with van der Waals surface area (Å²) in [4.78, 5) is 16.5. The standard InChI is InChI=1S/C9H6ClN3O2/c10-7-3-1-6(2-4-7)8-9(13(14)15)12-5-11-8/h1-5H,(H,11,12). The fraction of sp³-hybridized carbons (Fsp3) is 0. The molecule has 0 bridgehead atoms. The summed E-state index contributed by atoms with van der Waals surface area (Å²) in [5.74, 6) is -0.114. The predicted octanol–water partition coefficient (Wildman–Crippen LogP) is 2.64. The first-order valence-corrected chi connectivity index (χ1v) is 4.50. The first-order valence-electron chi connectivity index (χ1n) is 4.12. The minimum Gasteiger partial charge on any atom is -0.358 e. The molecule has 0 unspecified atom stereocenters. The zero-order valence-corrected chi connectivity index (χ0v) is 8.23. The summed E-state index contributed by atoms with van der Waals surface area (Å²) >= 11 is 5.71. The van der Waals surface area contributed by atoms with Gasteiger partial charge in [-0.15, -0.1) is 0 Å². The molecule has 0 saturated heterocycles. The molecule has 0 saturated carbocycles. The molecular weight excluding hydrogens is 218 g/mol. The number of rotatable bonds is 2. The minimum absolute atomic E-state index is 0.114. The smallest absolute Gasteiger partial charge is 0.348 e. The molecule has 0 aliphatic heterocycles. The van der Waals surface area contributed by atoms with Crippen molar-refractivity contribution < 1.29 is 4.92 Å². The zero-order valence-electron chi connectivity index (χ0n) is 7.48. The summed E-state index contributed by atoms with van der Waals surface area (Å²) in [5.41, 5.74) is 0.976. The second kappa shape index (κ2) is 3.70. The summed E-state index contributed by atoms with van der Waals surface area (Å²) in [6.07, 6.45) is 1.29. The van der Waals surface area contributed by atoms with Crippen molar-refractivity contribution in [2.24, 2.45) is 0 Å². The maximum atomic E-state index is 10.6. The second-order valence-corrected chi connectivity index (χ2v) is 3.30. The van der Waals surface area contributed by atoms with Crippen molar-refractivity contribution in [3.8, 4) is 11.3 Å². The Hall–Kier alpha value is -1.88. The fourth-order valence-corrected chi connectivity index (χ4v) is 1.37. The molecule has 15 heavy (non-hydrogen) atoms. The van der Waals surface area contributed by atoms with Crippen LogP contribution in [0.3, 0.4) is 0 Å². The lowest BCUT2D eigenvalue weighted by Crippen LogP contribution is -1.90. The number of halogens is 1. The van der Waals surface area contributed by atoms with Crippen molar-refractivity contribution in [3.63, 3.8) is 0 Å². The number of H-pyrrole nitrogens is 1. The van der Waals surface area contributed by atoms with Gasteiger partial charge in [0.25, 0.3) is 0 Å². The van der Waals surface area contributed by atoms with Crippen LogP contribution in [-0.4, -0.2) is 14.9 Å². The van der Waals surface area contributed by atoms with Gasteiger partial charge in [0.15, 0.2) is 12.0 Å². The van der Waals surface area contributed by atoms with E-state index in [1.807, 2.05) is 0 Å². The van der Waals surface area contributed by atoms with Crippen molar-refractivity contribution in [2.75, 3.05) is 0 Å². The Bertz CT molecular complexity index is 492. The molecule has 6 heteroatoms. The fourth-order valence-electron chi connectivity index (χ4n) is 1.25. The Labute approximate surface area is 89.9 Å². The molecule has 5 nitrogen and oxygen atoms in total. The first-order chi connectivity index (χ1) is 7.18. The van der Waals surface area contributed by atoms with E-state index in [1.54, 1.807) is 24.3 Å². The number of nitrogens with zero attached hydrogens (tertiary/aromatic N) is 2. The molecule has 0 radical (unpaired) electrons. The lowest BCUT2D eigenvalue weighted by molar-refractivity contribution is -0.388. The molecule has 76 valence electrons. The van der Waals surface area contributed by atoms with Crippen LogP contribution in [0.5, 0.6) is 0 Å². The number of benzene rings is 1. The van der Waals surface area contributed by atoms with Gasteiger partial charge >= 0.3 is 5.82 Å². The van der Waals surface area contributed by atoms with Gasteiger partial charge in [0, 0.05) is 10.6 Å². The Morgan fingerprint density at radius 3 is 2.60 bits per heavy atom. The van der Waals surface area contributed by atoms with Crippen molar-refractivity contribution in [3.05, 3.63) is 45.7 Å². The molecule has 1 heterocycles. The molecule has 2 rings (SSSR count). The van der Waals surface area contributed by atoms with Crippen LogP contribution in [0, 0.1) is 10.1 Å². The van der Waals surface area contributed by atoms with Crippen LogP contribution in [0.25, 0.3) is 11.3 Å². The largest absolute Gasteiger partial charge is 0.358 e. The van der Waals surface area contributed by atoms with Gasteiger partial charge in [0.05, 0.1) is 0 Å². The van der Waals surface area contributed by atoms with Crippen molar-refractivity contribution in [1.82, 2.24) is 9.97 Å². The van der Waals surface area contributed by atoms with Crippen molar-refractivity contribution >= 4 is 17.4 Å². The van der Waals surface area contributed by atoms with Crippen molar-refractivity contribution in [2.45, 2.75) is 0 Å². The van der Waals surface area contributed by atoms with Gasteiger partial charge in [0.2, 0.25) is 0 Å². The molecule has 0 spiro atoms. The third-order valence-electron chi connectivity index (χ3n) is 1.92. The summed E-state index contributed by atoms with van der Waals surface area (Å²) < 4.78 is 0. The van der Waals surface area contributed by atoms with Gasteiger partial charge < -0.3 is 10.1 Å². The summed E-state index contributed by atoms with van der Waals surface area (Å²) in [6, 6.07) is 6.70. The van der Waals surface area contributed by atoms with E-state index in [1.165, 1.54) is 6.33 Å². The Morgan fingerprint density at radius 1 is 1.33 bits per heavy atom. The number of nitro groups is 1. The van der Waals surface area contributed by atoms with E-state index in [2.05, 4.69) is 9.97 Å². The van der Waals surface area contributed by atoms with Crippen LogP contribution < -0.4 is 0 Å². The average Bonchev–Trinajstić information content (AvgIpc) is 2.67. The Balaban J connectivity index is 2.49. The summed E-state index contributed by atoms with van der Waals surface area (Å²) in [6.45, 7) is 0. The SMILES string of the molecule is O=[N+]([O-])c1[nH]cnc1-c1ccc(Cl)cc1. The van der Waals surface area contributed by atoms with Crippen LogP contribution >= 0.6 is 11.6 Å². The van der Waals surface area contributed by atoms with E-state index >= 15 is 0 Å². The molecule has 0 atom stereocenters. The van der Waals surface area contributed by atoms with Crippen LogP contribution in [0.1, 0.15) is 0 Å². The first kappa shape index (κ1) is 9.67. The number of hydrogen-bond acceptors (Lipinski definition) is 3. The molecule has 0 amide bonds. The highest BCUT2D eigenvalue weighted by Gasteiger charge is 2.16. The van der Waals surface area contributed by atoms with Crippen LogP contribution in [0.2, 0.25) is 5.02 Å². The lowest BCUT2D eigenvalue weighted by Gasteiger charge is -1.97. The van der Waals surface area contributed by atoms with Gasteiger partial charge in [-0.3, -0.25) is 0 Å². The summed E-state index contributed by atoms with van der Waals surface area (Å²) in [7, 11) is 0. The number of aromatic amines is 1. The van der Waals surface area contributed by atoms with E-state index in [0.717, 1.165) is 0 Å². The van der Waals surface area contributed by atoms with Crippen LogP contribution in [-0.2, 0) is 0 Å². The van der Waals surface area contributed by atoms with Gasteiger partial charge in [0.1, 0.15) is 0 Å². The molecule has 1 aromatic heterocycles. The third kappa shape index (κ3) is 1.82. The van der Waals surface area contributed by atoms with Gasteiger partial charge in [-0.2, -0.15) is 0 Å². The molecule has 0 aliphatic carbocycles. The molecule has 0 aliphatic rings. The zero-order chi connectivity index (χ0) is 10.8. The highest BCUT2D eigenvalue weighted by atomic mass is 35.5. The highest BCUT2D eigenvalue weighted by molar-refractivity contribution is 6.30. The van der Waals surface area contributed by atoms with Crippen LogP contribution in [0.4, 0.5) is 5.82 Å². The van der Waals surface area contributed by atoms with Crippen molar-refractivity contribution in [1.29, 1.82) is 0 Å². The number of nitrogens with one attached hydrogen (secondary N) is 1. The molecule has 1 aromatic carbocycles. The van der Waals surface area contributed by atoms with E-state index in [-0.39, 0.29) is 5.82 Å². The Kier molecular flexibility index (Phi) is 2.39. The maximum absolute atomic E-state index is 10.6. The Morgan fingerprint density at radius 2 is 2.00 bits per heavy atom. The van der Waals surface area contributed by atoms with Crippen LogP contribution in [0.15, 0.2) is 30.6 Å². The van der Waals surface area contributed by atoms with E-state index in [0.29, 0.717) is 16.3 Å². The monoisotopic (exact) mass is 223 g/mol. The van der Waals surface area contributed by atoms with Gasteiger partial charge in [-0.05, 0) is 17.1 Å². The highest BCUT2D eigenvalue weighted by Crippen LogP contribution is 2.26. The topological polar surface area (TPSA) is 71.8 Å². The molecule has 0 fully saturated rings.